The van der Waals surface area contributed by atoms with Gasteiger partial charge in [0.2, 0.25) is 10.0 Å². The van der Waals surface area contributed by atoms with Crippen LogP contribution >= 0.6 is 0 Å². The molecule has 0 aliphatic heterocycles. The highest BCUT2D eigenvalue weighted by Gasteiger charge is 2.25. The third-order valence-corrected chi connectivity index (χ3v) is 6.63. The van der Waals surface area contributed by atoms with Crippen LogP contribution in [0.1, 0.15) is 24.5 Å². The minimum atomic E-state index is -3.83. The number of ether oxygens (including phenoxy) is 1. The number of aliphatic hydroxyl groups is 1. The maximum atomic E-state index is 13.2. The smallest absolute Gasteiger partial charge is 0.252 e. The molecule has 30 heavy (non-hydrogen) atoms. The summed E-state index contributed by atoms with van der Waals surface area (Å²) in [6, 6.07) is 13.6. The molecule has 8 heteroatoms. The fourth-order valence-corrected chi connectivity index (χ4v) is 4.64. The highest BCUT2D eigenvalue weighted by atomic mass is 32.2. The minimum absolute atomic E-state index is 0.0969. The van der Waals surface area contributed by atoms with E-state index in [1.165, 1.54) is 4.31 Å². The van der Waals surface area contributed by atoms with Crippen LogP contribution in [0, 0.1) is 6.92 Å². The van der Waals surface area contributed by atoms with Crippen molar-refractivity contribution in [3.63, 3.8) is 0 Å². The molecule has 160 valence electrons. The number of nitrogens with zero attached hydrogens (tertiary/aromatic N) is 1. The van der Waals surface area contributed by atoms with Crippen LogP contribution in [-0.2, 0) is 16.6 Å². The number of aryl methyl sites for hydroxylation is 1. The van der Waals surface area contributed by atoms with Crippen LogP contribution < -0.4 is 10.3 Å². The number of hydrogen-bond donors (Lipinski definition) is 2. The van der Waals surface area contributed by atoms with E-state index in [0.717, 1.165) is 10.9 Å². The number of hydrogen-bond acceptors (Lipinski definition) is 5. The Hall–Kier alpha value is -2.68. The fraction of sp³-hybridized carbons (Fsp3) is 0.318. The lowest BCUT2D eigenvalue weighted by Crippen LogP contribution is -2.34. The van der Waals surface area contributed by atoms with Gasteiger partial charge in [-0.1, -0.05) is 17.7 Å². The molecule has 0 amide bonds. The molecule has 0 saturated carbocycles. The van der Waals surface area contributed by atoms with Crippen LogP contribution in [0.2, 0.25) is 0 Å². The molecule has 0 unspecified atom stereocenters. The first-order valence-electron chi connectivity index (χ1n) is 9.81. The number of aliphatic hydroxyl groups excluding tert-OH is 1. The Morgan fingerprint density at radius 3 is 2.50 bits per heavy atom. The summed E-state index contributed by atoms with van der Waals surface area (Å²) in [5.41, 5.74) is 1.58. The summed E-state index contributed by atoms with van der Waals surface area (Å²) in [5.74, 6) is 0.674. The van der Waals surface area contributed by atoms with Crippen LogP contribution in [0.15, 0.2) is 58.2 Å². The van der Waals surface area contributed by atoms with Gasteiger partial charge in [-0.05, 0) is 56.7 Å². The van der Waals surface area contributed by atoms with E-state index in [2.05, 4.69) is 4.98 Å². The quantitative estimate of drug-likeness (QED) is 0.544. The normalized spacial score (nSPS) is 11.9. The second-order valence-electron chi connectivity index (χ2n) is 7.03. The molecule has 7 nitrogen and oxygen atoms in total. The van der Waals surface area contributed by atoms with E-state index in [0.29, 0.717) is 23.4 Å². The van der Waals surface area contributed by atoms with E-state index < -0.39 is 10.0 Å². The molecule has 3 aromatic rings. The Kier molecular flexibility index (Phi) is 6.91. The summed E-state index contributed by atoms with van der Waals surface area (Å²) in [6.07, 6.45) is 0.269. The average molecular weight is 431 g/mol. The summed E-state index contributed by atoms with van der Waals surface area (Å²) < 4.78 is 33.1. The van der Waals surface area contributed by atoms with Crippen molar-refractivity contribution in [2.24, 2.45) is 0 Å². The number of aromatic nitrogens is 1. The first-order chi connectivity index (χ1) is 14.3. The lowest BCUT2D eigenvalue weighted by molar-refractivity contribution is 0.267. The summed E-state index contributed by atoms with van der Waals surface area (Å²) in [6.45, 7) is 4.14. The Bertz CT molecular complexity index is 1170. The molecule has 0 radical (unpaired) electrons. The third kappa shape index (κ3) is 4.89. The first-order valence-corrected chi connectivity index (χ1v) is 11.3. The third-order valence-electron chi connectivity index (χ3n) is 4.77. The van der Waals surface area contributed by atoms with Crippen molar-refractivity contribution in [3.05, 3.63) is 70.0 Å². The van der Waals surface area contributed by atoms with Crippen LogP contribution in [0.5, 0.6) is 5.75 Å². The Labute approximate surface area is 176 Å². The summed E-state index contributed by atoms with van der Waals surface area (Å²) >= 11 is 0. The highest BCUT2D eigenvalue weighted by molar-refractivity contribution is 7.89. The van der Waals surface area contributed by atoms with Gasteiger partial charge in [-0.15, -0.1) is 0 Å². The molecule has 1 aromatic heterocycles. The minimum Gasteiger partial charge on any atom is -0.494 e. The van der Waals surface area contributed by atoms with E-state index >= 15 is 0 Å². The van der Waals surface area contributed by atoms with Gasteiger partial charge in [0.05, 0.1) is 11.5 Å². The fourth-order valence-electron chi connectivity index (χ4n) is 3.18. The van der Waals surface area contributed by atoms with Gasteiger partial charge in [0, 0.05) is 36.2 Å². The molecule has 0 aliphatic rings. The summed E-state index contributed by atoms with van der Waals surface area (Å²) in [7, 11) is -3.83. The topological polar surface area (TPSA) is 99.7 Å². The van der Waals surface area contributed by atoms with Gasteiger partial charge in [0.1, 0.15) is 5.75 Å². The number of fused-ring (bicyclic) bond motifs is 1. The van der Waals surface area contributed by atoms with Crippen molar-refractivity contribution < 1.29 is 18.3 Å². The van der Waals surface area contributed by atoms with E-state index in [1.807, 2.05) is 19.9 Å². The van der Waals surface area contributed by atoms with E-state index in [4.69, 9.17) is 4.74 Å². The molecule has 0 spiro atoms. The molecule has 3 rings (SSSR count). The number of benzene rings is 2. The zero-order valence-electron chi connectivity index (χ0n) is 17.1. The van der Waals surface area contributed by atoms with Gasteiger partial charge >= 0.3 is 0 Å². The number of aromatic amines is 1. The number of rotatable bonds is 9. The maximum absolute atomic E-state index is 13.2. The summed E-state index contributed by atoms with van der Waals surface area (Å²) in [5, 5.41) is 9.98. The molecule has 2 N–H and O–H groups in total. The molecular weight excluding hydrogens is 404 g/mol. The van der Waals surface area contributed by atoms with Crippen LogP contribution in [-0.4, -0.2) is 42.6 Å². The van der Waals surface area contributed by atoms with Gasteiger partial charge < -0.3 is 14.8 Å². The molecule has 0 aliphatic carbocycles. The number of H-pyrrole nitrogens is 1. The van der Waals surface area contributed by atoms with Crippen molar-refractivity contribution in [3.8, 4) is 5.75 Å². The van der Waals surface area contributed by atoms with Crippen molar-refractivity contribution in [1.29, 1.82) is 0 Å². The zero-order chi connectivity index (χ0) is 21.7. The average Bonchev–Trinajstić information content (AvgIpc) is 2.72. The second-order valence-corrected chi connectivity index (χ2v) is 8.97. The van der Waals surface area contributed by atoms with Gasteiger partial charge in [0.15, 0.2) is 0 Å². The monoisotopic (exact) mass is 430 g/mol. The van der Waals surface area contributed by atoms with Crippen molar-refractivity contribution in [2.75, 3.05) is 19.8 Å². The second kappa shape index (κ2) is 9.42. The molecule has 0 bridgehead atoms. The highest BCUT2D eigenvalue weighted by Crippen LogP contribution is 2.22. The number of pyridine rings is 1. The molecular formula is C22H26N2O5S. The summed E-state index contributed by atoms with van der Waals surface area (Å²) in [4.78, 5) is 15.6. The molecule has 1 heterocycles. The zero-order valence-corrected chi connectivity index (χ0v) is 17.9. The molecule has 0 atom stereocenters. The Balaban J connectivity index is 1.99. The van der Waals surface area contributed by atoms with Crippen molar-refractivity contribution >= 4 is 20.9 Å². The van der Waals surface area contributed by atoms with Gasteiger partial charge in [-0.2, -0.15) is 4.31 Å². The van der Waals surface area contributed by atoms with E-state index in [9.17, 15) is 18.3 Å². The first kappa shape index (κ1) is 22.0. The largest absolute Gasteiger partial charge is 0.494 e. The molecule has 2 aromatic carbocycles. The number of sulfonamides is 1. The van der Waals surface area contributed by atoms with Crippen LogP contribution in [0.3, 0.4) is 0 Å². The maximum Gasteiger partial charge on any atom is 0.252 e. The van der Waals surface area contributed by atoms with E-state index in [-0.39, 0.29) is 36.6 Å². The van der Waals surface area contributed by atoms with Crippen molar-refractivity contribution in [2.45, 2.75) is 31.7 Å². The Morgan fingerprint density at radius 1 is 1.10 bits per heavy atom. The lowest BCUT2D eigenvalue weighted by Gasteiger charge is -2.22. The predicted octanol–water partition coefficient (Wildman–Crippen LogP) is 2.81. The van der Waals surface area contributed by atoms with Crippen LogP contribution in [0.4, 0.5) is 0 Å². The number of nitrogens with one attached hydrogen (secondary N) is 1. The SMILES string of the molecule is CCOc1ccc2[nH]c(=O)c(CN(CCCO)S(=O)(=O)c3ccc(C)cc3)cc2c1. The van der Waals surface area contributed by atoms with Crippen LogP contribution in [0.25, 0.3) is 10.9 Å². The standard InChI is InChI=1S/C22H26N2O5S/c1-3-29-19-7-10-21-17(14-19)13-18(22(26)23-21)15-24(11-4-12-25)30(27,28)20-8-5-16(2)6-9-20/h5-10,13-14,25H,3-4,11-12,15H2,1-2H3,(H,23,26). The van der Waals surface area contributed by atoms with Crippen molar-refractivity contribution in [1.82, 2.24) is 9.29 Å². The molecule has 0 saturated heterocycles. The van der Waals surface area contributed by atoms with Gasteiger partial charge in [-0.25, -0.2) is 8.42 Å². The van der Waals surface area contributed by atoms with Gasteiger partial charge in [-0.3, -0.25) is 4.79 Å². The lowest BCUT2D eigenvalue weighted by atomic mass is 10.1. The van der Waals surface area contributed by atoms with Gasteiger partial charge in [0.25, 0.3) is 5.56 Å². The Morgan fingerprint density at radius 2 is 1.83 bits per heavy atom. The predicted molar refractivity (Wildman–Crippen MR) is 116 cm³/mol. The van der Waals surface area contributed by atoms with E-state index in [1.54, 1.807) is 42.5 Å². The molecule has 0 fully saturated rings.